The van der Waals surface area contributed by atoms with E-state index in [4.69, 9.17) is 0 Å². The van der Waals surface area contributed by atoms with E-state index >= 15 is 0 Å². The minimum atomic E-state index is 0.327. The quantitative estimate of drug-likeness (QED) is 0.264. The Morgan fingerprint density at radius 3 is 1.30 bits per heavy atom. The number of aromatic hydroxyl groups is 2. The maximum atomic E-state index is 11.0. The van der Waals surface area contributed by atoms with Crippen molar-refractivity contribution in [3.8, 4) is 33.8 Å². The Morgan fingerprint density at radius 1 is 0.486 bits per heavy atom. The zero-order valence-corrected chi connectivity index (χ0v) is 21.0. The first-order chi connectivity index (χ1) is 18.0. The lowest BCUT2D eigenvalue weighted by atomic mass is 9.86. The van der Waals surface area contributed by atoms with Crippen molar-refractivity contribution in [3.63, 3.8) is 0 Å². The van der Waals surface area contributed by atoms with Crippen LogP contribution in [0.5, 0.6) is 11.5 Å². The van der Waals surface area contributed by atoms with Crippen LogP contribution in [0.25, 0.3) is 43.8 Å². The smallest absolute Gasteiger partial charge is 0.126 e. The lowest BCUT2D eigenvalue weighted by Gasteiger charge is -2.19. The van der Waals surface area contributed by atoms with Crippen LogP contribution in [0, 0.1) is 13.8 Å². The number of phenolic OH excluding ortho intramolecular Hbond substituents is 2. The first-order valence-electron chi connectivity index (χ1n) is 12.6. The molecule has 2 N–H and O–H groups in total. The molecular formula is C35H28O2. The fraction of sp³-hybridized carbons (Fsp3) is 0.0857. The van der Waals surface area contributed by atoms with Gasteiger partial charge in [-0.1, -0.05) is 109 Å². The number of phenols is 2. The summed E-state index contributed by atoms with van der Waals surface area (Å²) >= 11 is 0. The van der Waals surface area contributed by atoms with E-state index in [1.165, 1.54) is 0 Å². The molecule has 6 aromatic rings. The van der Waals surface area contributed by atoms with Crippen LogP contribution in [0.1, 0.15) is 22.3 Å². The predicted molar refractivity (Wildman–Crippen MR) is 154 cm³/mol. The molecule has 180 valence electrons. The minimum absolute atomic E-state index is 0.327. The van der Waals surface area contributed by atoms with Crippen LogP contribution < -0.4 is 0 Å². The van der Waals surface area contributed by atoms with Gasteiger partial charge in [-0.05, 0) is 75.5 Å². The molecule has 0 aliphatic rings. The minimum Gasteiger partial charge on any atom is -0.507 e. The number of hydrogen-bond acceptors (Lipinski definition) is 2. The van der Waals surface area contributed by atoms with Gasteiger partial charge in [-0.3, -0.25) is 0 Å². The topological polar surface area (TPSA) is 40.5 Å². The molecule has 0 radical (unpaired) electrons. The molecule has 0 amide bonds. The molecule has 2 heteroatoms. The maximum absolute atomic E-state index is 11.0. The van der Waals surface area contributed by atoms with Crippen molar-refractivity contribution in [2.24, 2.45) is 0 Å². The highest BCUT2D eigenvalue weighted by Crippen LogP contribution is 2.42. The fourth-order valence-electron chi connectivity index (χ4n) is 5.62. The molecule has 0 saturated carbocycles. The Labute approximate surface area is 217 Å². The van der Waals surface area contributed by atoms with Crippen molar-refractivity contribution < 1.29 is 10.2 Å². The number of rotatable bonds is 4. The van der Waals surface area contributed by atoms with Crippen LogP contribution in [-0.4, -0.2) is 10.2 Å². The van der Waals surface area contributed by atoms with Gasteiger partial charge in [0.25, 0.3) is 0 Å². The molecular weight excluding hydrogens is 452 g/mol. The summed E-state index contributed by atoms with van der Waals surface area (Å²) in [6.07, 6.45) is 0.670. The van der Waals surface area contributed by atoms with Crippen molar-refractivity contribution >= 4 is 21.5 Å². The molecule has 0 aliphatic heterocycles. The molecule has 2 nitrogen and oxygen atoms in total. The fourth-order valence-corrected chi connectivity index (χ4v) is 5.62. The van der Waals surface area contributed by atoms with Gasteiger partial charge < -0.3 is 10.2 Å². The van der Waals surface area contributed by atoms with Crippen LogP contribution in [0.4, 0.5) is 0 Å². The van der Waals surface area contributed by atoms with Crippen molar-refractivity contribution in [1.29, 1.82) is 0 Å². The van der Waals surface area contributed by atoms with E-state index < -0.39 is 0 Å². The number of fused-ring (bicyclic) bond motifs is 2. The van der Waals surface area contributed by atoms with Gasteiger partial charge in [0.2, 0.25) is 0 Å². The van der Waals surface area contributed by atoms with Crippen LogP contribution in [0.15, 0.2) is 109 Å². The van der Waals surface area contributed by atoms with Crippen LogP contribution in [0.2, 0.25) is 0 Å². The molecule has 0 spiro atoms. The van der Waals surface area contributed by atoms with E-state index in [9.17, 15) is 10.2 Å². The normalized spacial score (nSPS) is 11.3. The Hall–Kier alpha value is -4.56. The lowest BCUT2D eigenvalue weighted by Crippen LogP contribution is -1.98. The van der Waals surface area contributed by atoms with Gasteiger partial charge in [-0.15, -0.1) is 0 Å². The third-order valence-corrected chi connectivity index (χ3v) is 7.36. The van der Waals surface area contributed by atoms with Crippen LogP contribution >= 0.6 is 0 Å². The monoisotopic (exact) mass is 480 g/mol. The molecule has 0 aromatic heterocycles. The van der Waals surface area contributed by atoms with Gasteiger partial charge in [0, 0.05) is 10.8 Å². The third kappa shape index (κ3) is 3.91. The summed E-state index contributed by atoms with van der Waals surface area (Å²) in [4.78, 5) is 0. The Bertz CT molecular complexity index is 1630. The largest absolute Gasteiger partial charge is 0.507 e. The van der Waals surface area contributed by atoms with Gasteiger partial charge in [-0.2, -0.15) is 0 Å². The highest BCUT2D eigenvalue weighted by Gasteiger charge is 2.18. The van der Waals surface area contributed by atoms with Gasteiger partial charge in [0.15, 0.2) is 0 Å². The van der Waals surface area contributed by atoms with Gasteiger partial charge in [0.1, 0.15) is 11.5 Å². The molecule has 6 rings (SSSR count). The predicted octanol–water partition coefficient (Wildman–Crippen LogP) is 8.95. The highest BCUT2D eigenvalue weighted by molar-refractivity contribution is 6.05. The van der Waals surface area contributed by atoms with Crippen molar-refractivity contribution in [2.75, 3.05) is 0 Å². The molecule has 0 bridgehead atoms. The standard InChI is InChI=1S/C35H28O2/c1-22-19-26(32-28(24-11-5-3-6-12-24)15-9-17-30(32)34(22)36)21-27-20-23(2)35(37)31-18-10-16-29(33(27)31)25-13-7-4-8-14-25/h3-20,36-37H,21H2,1-2H3. The summed E-state index contributed by atoms with van der Waals surface area (Å²) < 4.78 is 0. The highest BCUT2D eigenvalue weighted by atomic mass is 16.3. The van der Waals surface area contributed by atoms with Crippen molar-refractivity contribution in [2.45, 2.75) is 20.3 Å². The number of aryl methyl sites for hydroxylation is 2. The summed E-state index contributed by atoms with van der Waals surface area (Å²) in [6.45, 7) is 3.92. The first-order valence-corrected chi connectivity index (χ1v) is 12.6. The van der Waals surface area contributed by atoms with E-state index in [1.807, 2.05) is 74.5 Å². The Balaban J connectivity index is 1.65. The van der Waals surface area contributed by atoms with Gasteiger partial charge in [-0.25, -0.2) is 0 Å². The van der Waals surface area contributed by atoms with E-state index in [-0.39, 0.29) is 0 Å². The van der Waals surface area contributed by atoms with E-state index in [0.717, 1.165) is 66.1 Å². The lowest BCUT2D eigenvalue weighted by molar-refractivity contribution is 0.477. The SMILES string of the molecule is Cc1cc(Cc2cc(C)c(O)c3cccc(-c4ccccc4)c23)c2c(-c3ccccc3)cccc2c1O. The second kappa shape index (κ2) is 9.15. The van der Waals surface area contributed by atoms with Crippen molar-refractivity contribution in [1.82, 2.24) is 0 Å². The summed E-state index contributed by atoms with van der Waals surface area (Å²) in [5, 5.41) is 25.9. The molecule has 0 saturated heterocycles. The Kier molecular flexibility index (Phi) is 5.65. The molecule has 37 heavy (non-hydrogen) atoms. The molecule has 0 heterocycles. The summed E-state index contributed by atoms with van der Waals surface area (Å²) in [5.41, 5.74) is 8.46. The number of benzene rings is 6. The molecule has 0 aliphatic carbocycles. The van der Waals surface area contributed by atoms with Crippen LogP contribution in [0.3, 0.4) is 0 Å². The molecule has 0 fully saturated rings. The maximum Gasteiger partial charge on any atom is 0.126 e. The van der Waals surface area contributed by atoms with Gasteiger partial charge >= 0.3 is 0 Å². The zero-order chi connectivity index (χ0) is 25.5. The second-order valence-corrected chi connectivity index (χ2v) is 9.77. The average molecular weight is 481 g/mol. The van der Waals surface area contributed by atoms with E-state index in [2.05, 4.69) is 48.5 Å². The summed E-state index contributed by atoms with van der Waals surface area (Å²) in [6, 6.07) is 37.2. The van der Waals surface area contributed by atoms with Gasteiger partial charge in [0.05, 0.1) is 0 Å². The first kappa shape index (κ1) is 22.9. The van der Waals surface area contributed by atoms with E-state index in [0.29, 0.717) is 17.9 Å². The summed E-state index contributed by atoms with van der Waals surface area (Å²) in [5.74, 6) is 0.654. The van der Waals surface area contributed by atoms with E-state index in [1.54, 1.807) is 0 Å². The molecule has 0 unspecified atom stereocenters. The molecule has 6 aromatic carbocycles. The molecule has 0 atom stereocenters. The second-order valence-electron chi connectivity index (χ2n) is 9.77. The average Bonchev–Trinajstić information content (AvgIpc) is 2.94. The number of hydrogen-bond donors (Lipinski definition) is 2. The van der Waals surface area contributed by atoms with Crippen LogP contribution in [-0.2, 0) is 6.42 Å². The Morgan fingerprint density at radius 2 is 0.892 bits per heavy atom. The summed E-state index contributed by atoms with van der Waals surface area (Å²) in [7, 11) is 0. The van der Waals surface area contributed by atoms with Crippen molar-refractivity contribution in [3.05, 3.63) is 131 Å². The third-order valence-electron chi connectivity index (χ3n) is 7.36. The zero-order valence-electron chi connectivity index (χ0n) is 21.0.